The monoisotopic (exact) mass is 309 g/mol. The van der Waals surface area contributed by atoms with Crippen molar-refractivity contribution in [3.63, 3.8) is 0 Å². The van der Waals surface area contributed by atoms with Crippen LogP contribution in [0.1, 0.15) is 48.0 Å². The molecule has 122 valence electrons. The highest BCUT2D eigenvalue weighted by Crippen LogP contribution is 2.25. The van der Waals surface area contributed by atoms with Crippen LogP contribution in [0.25, 0.3) is 0 Å². The Hall–Kier alpha value is -0.0231. The summed E-state index contributed by atoms with van der Waals surface area (Å²) in [6, 6.07) is 0. The topological polar surface area (TPSA) is 71.4 Å². The van der Waals surface area contributed by atoms with Gasteiger partial charge in [-0.3, -0.25) is 0 Å². The Balaban J connectivity index is 5.52. The van der Waals surface area contributed by atoms with Gasteiger partial charge in [-0.15, -0.1) is 0 Å². The second-order valence-electron chi connectivity index (χ2n) is 4.54. The van der Waals surface area contributed by atoms with Gasteiger partial charge in [-0.2, -0.15) is 0 Å². The van der Waals surface area contributed by atoms with Crippen molar-refractivity contribution in [3.8, 4) is 0 Å². The van der Waals surface area contributed by atoms with Gasteiger partial charge in [0.15, 0.2) is 0 Å². The average molecular weight is 309 g/mol. The van der Waals surface area contributed by atoms with Gasteiger partial charge < -0.3 is 23.5 Å². The molecule has 0 saturated carbocycles. The van der Waals surface area contributed by atoms with Gasteiger partial charge in [-0.1, -0.05) is 6.92 Å². The van der Waals surface area contributed by atoms with Crippen molar-refractivity contribution in [3.05, 3.63) is 0 Å². The Morgan fingerprint density at radius 3 is 1.40 bits per heavy atom. The van der Waals surface area contributed by atoms with Crippen molar-refractivity contribution >= 4 is 8.80 Å². The van der Waals surface area contributed by atoms with Crippen LogP contribution >= 0.6 is 0 Å². The van der Waals surface area contributed by atoms with E-state index in [0.717, 1.165) is 0 Å². The van der Waals surface area contributed by atoms with Gasteiger partial charge in [0.05, 0.1) is 5.67 Å². The van der Waals surface area contributed by atoms with E-state index in [1.807, 2.05) is 27.7 Å². The molecule has 3 atom stereocenters. The van der Waals surface area contributed by atoms with Gasteiger partial charge >= 0.3 is 8.80 Å². The highest BCUT2D eigenvalue weighted by Gasteiger charge is 2.52. The molecule has 0 aromatic carbocycles. The van der Waals surface area contributed by atoms with E-state index in [4.69, 9.17) is 13.3 Å². The molecule has 7 heteroatoms. The summed E-state index contributed by atoms with van der Waals surface area (Å²) in [6.45, 7) is 12.3. The van der Waals surface area contributed by atoms with Crippen molar-refractivity contribution in [1.29, 1.82) is 0 Å². The first-order valence-electron chi connectivity index (χ1n) is 7.45. The van der Waals surface area contributed by atoms with Crippen LogP contribution in [0.3, 0.4) is 0 Å². The molecule has 0 spiro atoms. The van der Waals surface area contributed by atoms with E-state index in [1.165, 1.54) is 0 Å². The summed E-state index contributed by atoms with van der Waals surface area (Å²) in [6.07, 6.45) is -0.969. The lowest BCUT2D eigenvalue weighted by atomic mass is 10.3. The third kappa shape index (κ3) is 5.07. The molecule has 0 saturated heterocycles. The maximum absolute atomic E-state index is 9.97. The molecule has 0 aliphatic carbocycles. The maximum Gasteiger partial charge on any atom is 0.519 e. The largest absolute Gasteiger partial charge is 0.519 e. The Labute approximate surface area is 124 Å². The van der Waals surface area contributed by atoms with E-state index < -0.39 is 21.3 Å². The summed E-state index contributed by atoms with van der Waals surface area (Å²) < 4.78 is 17.6. The van der Waals surface area contributed by atoms with Crippen LogP contribution in [0, 0.1) is 0 Å². The van der Waals surface area contributed by atoms with Crippen LogP contribution in [0.4, 0.5) is 0 Å². The Bertz CT molecular complexity index is 228. The Kier molecular flexibility index (Phi) is 9.82. The summed E-state index contributed by atoms with van der Waals surface area (Å²) >= 11 is 0. The predicted molar refractivity (Wildman–Crippen MR) is 79.9 cm³/mol. The fourth-order valence-electron chi connectivity index (χ4n) is 2.49. The van der Waals surface area contributed by atoms with Crippen LogP contribution in [-0.4, -0.2) is 61.9 Å². The normalized spacial score (nSPS) is 17.2. The molecular weight excluding hydrogens is 278 g/mol. The lowest BCUT2D eigenvalue weighted by Gasteiger charge is -2.43. The Morgan fingerprint density at radius 2 is 1.20 bits per heavy atom. The zero-order valence-electron chi connectivity index (χ0n) is 13.6. The highest BCUT2D eigenvalue weighted by atomic mass is 28.4. The second-order valence-corrected chi connectivity index (χ2v) is 7.28. The minimum absolute atomic E-state index is 0.289. The number of hydrogen-bond acceptors (Lipinski definition) is 6. The number of aliphatic hydroxyl groups excluding tert-OH is 2. The fraction of sp³-hybridized carbons (Fsp3) is 1.00. The summed E-state index contributed by atoms with van der Waals surface area (Å²) in [5, 5.41) is 19.9. The molecule has 0 aliphatic rings. The number of hydrogen-bond donors (Lipinski definition) is 2. The molecule has 0 aliphatic heterocycles. The molecule has 0 aromatic heterocycles. The molecule has 0 radical (unpaired) electrons. The summed E-state index contributed by atoms with van der Waals surface area (Å²) in [7, 11) is -3.01. The zero-order valence-corrected chi connectivity index (χ0v) is 14.6. The first-order valence-corrected chi connectivity index (χ1v) is 9.25. The summed E-state index contributed by atoms with van der Waals surface area (Å²) in [4.78, 5) is 1.59. The average Bonchev–Trinajstić information content (AvgIpc) is 2.35. The van der Waals surface area contributed by atoms with Gasteiger partial charge in [-0.05, 0) is 41.0 Å². The molecule has 0 aromatic rings. The molecular formula is C13H31NO5Si. The molecule has 2 N–H and O–H groups in total. The molecule has 0 rings (SSSR count). The van der Waals surface area contributed by atoms with Gasteiger partial charge in [0, 0.05) is 19.8 Å². The second kappa shape index (κ2) is 9.83. The summed E-state index contributed by atoms with van der Waals surface area (Å²) in [5.74, 6) is 0. The smallest absolute Gasteiger partial charge is 0.379 e. The van der Waals surface area contributed by atoms with Gasteiger partial charge in [0.1, 0.15) is 12.5 Å². The molecule has 0 amide bonds. The van der Waals surface area contributed by atoms with E-state index >= 15 is 0 Å². The van der Waals surface area contributed by atoms with Crippen molar-refractivity contribution in [2.45, 2.75) is 66.1 Å². The maximum atomic E-state index is 9.97. The van der Waals surface area contributed by atoms with E-state index in [1.54, 1.807) is 18.7 Å². The molecule has 3 unspecified atom stereocenters. The van der Waals surface area contributed by atoms with Crippen molar-refractivity contribution < 1.29 is 23.5 Å². The third-order valence-electron chi connectivity index (χ3n) is 3.05. The lowest BCUT2D eigenvalue weighted by Crippen LogP contribution is -2.66. The van der Waals surface area contributed by atoms with Crippen LogP contribution in [0.5, 0.6) is 0 Å². The highest BCUT2D eigenvalue weighted by molar-refractivity contribution is 6.62. The standard InChI is InChI=1S/C13H31NO5Si/c1-7-13(14(11(5)15)12(6)16)20(17-8-2,18-9-3)19-10-4/h11-13,15-16H,7-10H2,1-6H3. The number of aliphatic hydroxyl groups is 2. The third-order valence-corrected chi connectivity index (χ3v) is 6.65. The lowest BCUT2D eigenvalue weighted by molar-refractivity contribution is -0.113. The van der Waals surface area contributed by atoms with E-state index in [-0.39, 0.29) is 5.67 Å². The fourth-order valence-corrected chi connectivity index (χ4v) is 5.82. The van der Waals surface area contributed by atoms with E-state index in [2.05, 4.69) is 0 Å². The first kappa shape index (κ1) is 20.0. The van der Waals surface area contributed by atoms with Crippen molar-refractivity contribution in [1.82, 2.24) is 4.90 Å². The van der Waals surface area contributed by atoms with Crippen LogP contribution in [-0.2, 0) is 13.3 Å². The minimum Gasteiger partial charge on any atom is -0.379 e. The van der Waals surface area contributed by atoms with E-state index in [9.17, 15) is 10.2 Å². The molecule has 0 bridgehead atoms. The SMILES string of the molecule is CCO[Si](OCC)(OCC)C(CC)N(C(C)O)C(C)O. The first-order chi connectivity index (χ1) is 9.40. The summed E-state index contributed by atoms with van der Waals surface area (Å²) in [5.41, 5.74) is -0.289. The zero-order chi connectivity index (χ0) is 15.8. The van der Waals surface area contributed by atoms with Gasteiger partial charge in [0.2, 0.25) is 0 Å². The minimum atomic E-state index is -3.01. The predicted octanol–water partition coefficient (Wildman–Crippen LogP) is 1.33. The molecule has 0 fully saturated rings. The van der Waals surface area contributed by atoms with E-state index in [0.29, 0.717) is 26.2 Å². The quantitative estimate of drug-likeness (QED) is 0.443. The Morgan fingerprint density at radius 1 is 0.850 bits per heavy atom. The molecule has 6 nitrogen and oxygen atoms in total. The number of rotatable bonds is 11. The molecule has 20 heavy (non-hydrogen) atoms. The van der Waals surface area contributed by atoms with Crippen LogP contribution in [0.2, 0.25) is 0 Å². The number of nitrogens with zero attached hydrogens (tertiary/aromatic N) is 1. The van der Waals surface area contributed by atoms with Crippen molar-refractivity contribution in [2.75, 3.05) is 19.8 Å². The van der Waals surface area contributed by atoms with Gasteiger partial charge in [0.25, 0.3) is 0 Å². The van der Waals surface area contributed by atoms with Crippen LogP contribution < -0.4 is 0 Å². The van der Waals surface area contributed by atoms with Gasteiger partial charge in [-0.25, -0.2) is 4.90 Å². The van der Waals surface area contributed by atoms with Crippen LogP contribution in [0.15, 0.2) is 0 Å². The molecule has 0 heterocycles. The van der Waals surface area contributed by atoms with Crippen molar-refractivity contribution in [2.24, 2.45) is 0 Å².